The SMILES string of the molecule is CC(=O)C[C@@H]1C[C@@H]2C=C[C@@]1(C=O)CC2. The van der Waals surface area contributed by atoms with Gasteiger partial charge in [-0.05, 0) is 38.0 Å². The van der Waals surface area contributed by atoms with Crippen molar-refractivity contribution in [2.24, 2.45) is 17.3 Å². The molecular formula is C12H16O2. The molecule has 0 spiro atoms. The number of aldehydes is 1. The molecule has 0 heterocycles. The van der Waals surface area contributed by atoms with Gasteiger partial charge in [0.05, 0.1) is 0 Å². The van der Waals surface area contributed by atoms with E-state index in [2.05, 4.69) is 6.08 Å². The summed E-state index contributed by atoms with van der Waals surface area (Å²) in [7, 11) is 0. The molecule has 1 fully saturated rings. The third-order valence-electron chi connectivity index (χ3n) is 3.73. The van der Waals surface area contributed by atoms with Crippen molar-refractivity contribution >= 4 is 12.1 Å². The zero-order valence-electron chi connectivity index (χ0n) is 8.53. The van der Waals surface area contributed by atoms with Crippen molar-refractivity contribution < 1.29 is 9.59 Å². The molecule has 14 heavy (non-hydrogen) atoms. The minimum Gasteiger partial charge on any atom is -0.302 e. The van der Waals surface area contributed by atoms with E-state index >= 15 is 0 Å². The Morgan fingerprint density at radius 3 is 2.93 bits per heavy atom. The van der Waals surface area contributed by atoms with Crippen molar-refractivity contribution in [3.63, 3.8) is 0 Å². The fourth-order valence-corrected chi connectivity index (χ4v) is 2.87. The van der Waals surface area contributed by atoms with E-state index in [1.807, 2.05) is 6.08 Å². The normalized spacial score (nSPS) is 39.8. The Balaban J connectivity index is 2.22. The number of hydrogen-bond donors (Lipinski definition) is 0. The van der Waals surface area contributed by atoms with Crippen LogP contribution in [0.15, 0.2) is 12.2 Å². The molecule has 3 aliphatic rings. The van der Waals surface area contributed by atoms with Gasteiger partial charge in [-0.2, -0.15) is 0 Å². The number of ketones is 1. The summed E-state index contributed by atoms with van der Waals surface area (Å²) in [6.07, 6.45) is 8.92. The molecule has 0 unspecified atom stereocenters. The molecule has 0 aromatic carbocycles. The van der Waals surface area contributed by atoms with Gasteiger partial charge in [0, 0.05) is 11.8 Å². The molecule has 2 heteroatoms. The van der Waals surface area contributed by atoms with Crippen LogP contribution in [-0.2, 0) is 9.59 Å². The molecular weight excluding hydrogens is 176 g/mol. The van der Waals surface area contributed by atoms with Gasteiger partial charge in [-0.15, -0.1) is 0 Å². The lowest BCUT2D eigenvalue weighted by molar-refractivity contribution is -0.123. The second-order valence-electron chi connectivity index (χ2n) is 4.73. The first-order valence-electron chi connectivity index (χ1n) is 5.31. The number of allylic oxidation sites excluding steroid dienone is 2. The minimum absolute atomic E-state index is 0.206. The maximum absolute atomic E-state index is 11.2. The molecule has 0 aromatic rings. The van der Waals surface area contributed by atoms with E-state index < -0.39 is 0 Å². The number of carbonyl (C=O) groups is 2. The quantitative estimate of drug-likeness (QED) is 0.507. The molecule has 3 aliphatic carbocycles. The second-order valence-corrected chi connectivity index (χ2v) is 4.73. The van der Waals surface area contributed by atoms with Crippen LogP contribution in [0.4, 0.5) is 0 Å². The van der Waals surface area contributed by atoms with Crippen LogP contribution in [0, 0.1) is 17.3 Å². The molecule has 3 rings (SSSR count). The average molecular weight is 192 g/mol. The largest absolute Gasteiger partial charge is 0.302 e. The van der Waals surface area contributed by atoms with Crippen LogP contribution in [-0.4, -0.2) is 12.1 Å². The summed E-state index contributed by atoms with van der Waals surface area (Å²) in [5.74, 6) is 1.08. The molecule has 2 bridgehead atoms. The average Bonchev–Trinajstić information content (AvgIpc) is 2.19. The smallest absolute Gasteiger partial charge is 0.130 e. The van der Waals surface area contributed by atoms with Gasteiger partial charge >= 0.3 is 0 Å². The Morgan fingerprint density at radius 1 is 1.64 bits per heavy atom. The fraction of sp³-hybridized carbons (Fsp3) is 0.667. The first-order chi connectivity index (χ1) is 6.66. The molecule has 0 amide bonds. The maximum atomic E-state index is 11.2. The van der Waals surface area contributed by atoms with Gasteiger partial charge in [-0.25, -0.2) is 0 Å². The molecule has 0 aliphatic heterocycles. The van der Waals surface area contributed by atoms with Crippen molar-refractivity contribution in [3.05, 3.63) is 12.2 Å². The molecule has 2 nitrogen and oxygen atoms in total. The van der Waals surface area contributed by atoms with Crippen molar-refractivity contribution in [1.82, 2.24) is 0 Å². The predicted octanol–water partition coefficient (Wildman–Crippen LogP) is 2.14. The third-order valence-corrected chi connectivity index (χ3v) is 3.73. The van der Waals surface area contributed by atoms with Gasteiger partial charge in [0.2, 0.25) is 0 Å². The number of Topliss-reactive ketones (excluding diaryl/α,β-unsaturated/α-hetero) is 1. The van der Waals surface area contributed by atoms with Gasteiger partial charge < -0.3 is 9.59 Å². The van der Waals surface area contributed by atoms with Crippen LogP contribution in [0.3, 0.4) is 0 Å². The summed E-state index contributed by atoms with van der Waals surface area (Å²) >= 11 is 0. The Bertz CT molecular complexity index is 293. The number of rotatable bonds is 3. The molecule has 0 radical (unpaired) electrons. The van der Waals surface area contributed by atoms with Gasteiger partial charge in [-0.3, -0.25) is 0 Å². The highest BCUT2D eigenvalue weighted by atomic mass is 16.1. The summed E-state index contributed by atoms with van der Waals surface area (Å²) in [6, 6.07) is 0. The standard InChI is InChI=1S/C12H16O2/c1-9(14)6-11-7-10-2-4-12(11,8-13)5-3-10/h2,4,8,10-11H,3,5-7H2,1H3/t10-,11-,12+/m1/s1. The van der Waals surface area contributed by atoms with Crippen LogP contribution < -0.4 is 0 Å². The zero-order chi connectivity index (χ0) is 10.2. The molecule has 3 atom stereocenters. The topological polar surface area (TPSA) is 34.1 Å². The molecule has 0 aromatic heterocycles. The van der Waals surface area contributed by atoms with E-state index in [9.17, 15) is 9.59 Å². The summed E-state index contributed by atoms with van der Waals surface area (Å²) < 4.78 is 0. The third kappa shape index (κ3) is 1.43. The van der Waals surface area contributed by atoms with Gasteiger partial charge in [-0.1, -0.05) is 12.2 Å². The van der Waals surface area contributed by atoms with Crippen molar-refractivity contribution in [2.45, 2.75) is 32.6 Å². The van der Waals surface area contributed by atoms with E-state index in [-0.39, 0.29) is 17.1 Å². The summed E-state index contributed by atoms with van der Waals surface area (Å²) in [6.45, 7) is 1.62. The predicted molar refractivity (Wildman–Crippen MR) is 53.8 cm³/mol. The molecule has 1 saturated carbocycles. The summed E-state index contributed by atoms with van der Waals surface area (Å²) in [5, 5.41) is 0. The van der Waals surface area contributed by atoms with Crippen LogP contribution in [0.5, 0.6) is 0 Å². The molecule has 0 saturated heterocycles. The Kier molecular flexibility index (Phi) is 2.30. The summed E-state index contributed by atoms with van der Waals surface area (Å²) in [4.78, 5) is 22.3. The maximum Gasteiger partial charge on any atom is 0.130 e. The summed E-state index contributed by atoms with van der Waals surface area (Å²) in [5.41, 5.74) is -0.305. The monoisotopic (exact) mass is 192 g/mol. The highest BCUT2D eigenvalue weighted by Gasteiger charge is 2.44. The van der Waals surface area contributed by atoms with Crippen LogP contribution in [0.25, 0.3) is 0 Å². The van der Waals surface area contributed by atoms with E-state index in [0.717, 1.165) is 25.5 Å². The fourth-order valence-electron chi connectivity index (χ4n) is 2.87. The highest BCUT2D eigenvalue weighted by molar-refractivity contribution is 5.77. The van der Waals surface area contributed by atoms with Gasteiger partial charge in [0.1, 0.15) is 12.1 Å². The lowest BCUT2D eigenvalue weighted by Gasteiger charge is -2.44. The Labute approximate surface area is 84.4 Å². The highest BCUT2D eigenvalue weighted by Crippen LogP contribution is 2.49. The minimum atomic E-state index is -0.305. The lowest BCUT2D eigenvalue weighted by atomic mass is 9.58. The van der Waals surface area contributed by atoms with E-state index in [4.69, 9.17) is 0 Å². The van der Waals surface area contributed by atoms with Crippen LogP contribution in [0.1, 0.15) is 32.6 Å². The Hall–Kier alpha value is -0.920. The molecule has 0 N–H and O–H groups in total. The second kappa shape index (κ2) is 3.34. The molecule has 76 valence electrons. The van der Waals surface area contributed by atoms with Crippen molar-refractivity contribution in [1.29, 1.82) is 0 Å². The van der Waals surface area contributed by atoms with E-state index in [1.54, 1.807) is 6.92 Å². The van der Waals surface area contributed by atoms with E-state index in [0.29, 0.717) is 12.3 Å². The lowest BCUT2D eigenvalue weighted by Crippen LogP contribution is -2.40. The first-order valence-corrected chi connectivity index (χ1v) is 5.31. The first kappa shape index (κ1) is 9.63. The van der Waals surface area contributed by atoms with Gasteiger partial charge in [0.15, 0.2) is 0 Å². The van der Waals surface area contributed by atoms with Crippen LogP contribution >= 0.6 is 0 Å². The van der Waals surface area contributed by atoms with Gasteiger partial charge in [0.25, 0.3) is 0 Å². The zero-order valence-corrected chi connectivity index (χ0v) is 8.53. The Morgan fingerprint density at radius 2 is 2.43 bits per heavy atom. The number of fused-ring (bicyclic) bond motifs is 2. The van der Waals surface area contributed by atoms with Crippen LogP contribution in [0.2, 0.25) is 0 Å². The van der Waals surface area contributed by atoms with Crippen molar-refractivity contribution in [2.75, 3.05) is 0 Å². The number of hydrogen-bond acceptors (Lipinski definition) is 2. The number of carbonyl (C=O) groups excluding carboxylic acids is 2. The van der Waals surface area contributed by atoms with E-state index in [1.165, 1.54) is 0 Å². The van der Waals surface area contributed by atoms with Crippen molar-refractivity contribution in [3.8, 4) is 0 Å².